The lowest BCUT2D eigenvalue weighted by atomic mass is 10.1. The van der Waals surface area contributed by atoms with E-state index in [1.807, 2.05) is 19.1 Å². The number of ether oxygens (including phenoxy) is 1. The average Bonchev–Trinajstić information content (AvgIpc) is 3.29. The number of benzene rings is 1. The topological polar surface area (TPSA) is 92.7 Å². The molecule has 28 heavy (non-hydrogen) atoms. The lowest BCUT2D eigenvalue weighted by Gasteiger charge is -2.11. The molecule has 142 valence electrons. The van der Waals surface area contributed by atoms with Gasteiger partial charge in [0, 0.05) is 31.1 Å². The summed E-state index contributed by atoms with van der Waals surface area (Å²) in [5.41, 5.74) is 2.08. The third-order valence-electron chi connectivity index (χ3n) is 4.21. The van der Waals surface area contributed by atoms with E-state index in [0.717, 1.165) is 11.1 Å². The molecule has 10 heteroatoms. The number of aryl methyl sites for hydroxylation is 2. The van der Waals surface area contributed by atoms with Crippen LogP contribution in [-0.2, 0) is 13.7 Å². The Kier molecular flexibility index (Phi) is 4.66. The van der Waals surface area contributed by atoms with E-state index in [1.165, 1.54) is 9.36 Å². The average molecular weight is 398 g/mol. The number of aromatic nitrogens is 7. The molecule has 4 rings (SSSR count). The van der Waals surface area contributed by atoms with Crippen molar-refractivity contribution in [2.45, 2.75) is 13.5 Å². The normalized spacial score (nSPS) is 11.0. The summed E-state index contributed by atoms with van der Waals surface area (Å²) in [7, 11) is 1.55. The van der Waals surface area contributed by atoms with Crippen molar-refractivity contribution >= 4 is 11.6 Å². The van der Waals surface area contributed by atoms with E-state index in [2.05, 4.69) is 20.5 Å². The molecule has 0 unspecified atom stereocenters. The predicted octanol–water partition coefficient (Wildman–Crippen LogP) is 2.09. The smallest absolute Gasteiger partial charge is 0.368 e. The van der Waals surface area contributed by atoms with E-state index in [-0.39, 0.29) is 12.3 Å². The summed E-state index contributed by atoms with van der Waals surface area (Å²) in [5.74, 6) is 1.05. The zero-order valence-electron chi connectivity index (χ0n) is 15.2. The minimum absolute atomic E-state index is 0.218. The summed E-state index contributed by atoms with van der Waals surface area (Å²) in [5, 5.41) is 12.6. The van der Waals surface area contributed by atoms with E-state index in [0.29, 0.717) is 22.4 Å². The van der Waals surface area contributed by atoms with Crippen LogP contribution in [-0.4, -0.2) is 34.6 Å². The summed E-state index contributed by atoms with van der Waals surface area (Å²) in [6, 6.07) is 10.8. The van der Waals surface area contributed by atoms with E-state index < -0.39 is 0 Å². The molecule has 0 spiro atoms. The highest BCUT2D eigenvalue weighted by atomic mass is 35.5. The quantitative estimate of drug-likeness (QED) is 0.512. The number of tetrazole rings is 1. The molecule has 1 aromatic carbocycles. The molecule has 9 nitrogen and oxygen atoms in total. The number of rotatable bonds is 5. The second-order valence-corrected chi connectivity index (χ2v) is 6.53. The molecule has 0 bridgehead atoms. The van der Waals surface area contributed by atoms with Crippen LogP contribution in [0.15, 0.2) is 53.6 Å². The molecule has 0 saturated heterocycles. The first kappa shape index (κ1) is 17.9. The Hall–Kier alpha value is -3.46. The fraction of sp³-hybridized carbons (Fsp3) is 0.167. The Balaban J connectivity index is 1.58. The molecule has 0 fully saturated rings. The maximum absolute atomic E-state index is 12.2. The zero-order valence-corrected chi connectivity index (χ0v) is 15.9. The van der Waals surface area contributed by atoms with Gasteiger partial charge in [-0.1, -0.05) is 23.7 Å². The molecule has 0 aliphatic carbocycles. The first-order chi connectivity index (χ1) is 13.5. The molecule has 0 atom stereocenters. The van der Waals surface area contributed by atoms with Gasteiger partial charge in [0.25, 0.3) is 0 Å². The Bertz CT molecular complexity index is 1180. The molecule has 0 amide bonds. The van der Waals surface area contributed by atoms with Crippen LogP contribution >= 0.6 is 11.6 Å². The summed E-state index contributed by atoms with van der Waals surface area (Å²) in [6.45, 7) is 2.16. The SMILES string of the molecule is Cc1cccc(-n2nnn(C)c2=O)c1COc1ccn(-c2ccc(Cl)cn2)n1. The highest BCUT2D eigenvalue weighted by Crippen LogP contribution is 2.20. The third-order valence-corrected chi connectivity index (χ3v) is 4.43. The number of hydrogen-bond acceptors (Lipinski definition) is 6. The van der Waals surface area contributed by atoms with Gasteiger partial charge in [-0.25, -0.2) is 14.5 Å². The minimum Gasteiger partial charge on any atom is -0.472 e. The van der Waals surface area contributed by atoms with Crippen LogP contribution in [0.2, 0.25) is 5.02 Å². The van der Waals surface area contributed by atoms with Crippen molar-refractivity contribution in [3.8, 4) is 17.4 Å². The van der Waals surface area contributed by atoms with E-state index in [4.69, 9.17) is 16.3 Å². The molecule has 0 N–H and O–H groups in total. The number of pyridine rings is 1. The van der Waals surface area contributed by atoms with Gasteiger partial charge in [0.2, 0.25) is 5.88 Å². The summed E-state index contributed by atoms with van der Waals surface area (Å²) in [4.78, 5) is 16.4. The highest BCUT2D eigenvalue weighted by molar-refractivity contribution is 6.30. The van der Waals surface area contributed by atoms with Crippen molar-refractivity contribution in [2.24, 2.45) is 7.05 Å². The molecular formula is C18H16ClN7O2. The van der Waals surface area contributed by atoms with Gasteiger partial charge in [-0.3, -0.25) is 0 Å². The molecule has 0 aliphatic heterocycles. The van der Waals surface area contributed by atoms with Crippen molar-refractivity contribution in [1.82, 2.24) is 34.6 Å². The minimum atomic E-state index is -0.329. The van der Waals surface area contributed by atoms with Crippen molar-refractivity contribution < 1.29 is 4.74 Å². The molecule has 0 radical (unpaired) electrons. The standard InChI is InChI=1S/C18H16ClN7O2/c1-12-4-3-5-15(26-18(27)24(2)22-23-26)14(12)11-28-17-8-9-25(21-17)16-7-6-13(19)10-20-16/h3-10H,11H2,1-2H3. The lowest BCUT2D eigenvalue weighted by Crippen LogP contribution is -2.23. The van der Waals surface area contributed by atoms with Crippen LogP contribution in [0.25, 0.3) is 11.5 Å². The Morgan fingerprint density at radius 2 is 2.00 bits per heavy atom. The fourth-order valence-corrected chi connectivity index (χ4v) is 2.81. The molecule has 3 heterocycles. The summed E-state index contributed by atoms with van der Waals surface area (Å²) in [6.07, 6.45) is 3.30. The van der Waals surface area contributed by atoms with Gasteiger partial charge in [0.05, 0.1) is 10.7 Å². The largest absolute Gasteiger partial charge is 0.472 e. The van der Waals surface area contributed by atoms with Crippen molar-refractivity contribution in [2.75, 3.05) is 0 Å². The van der Waals surface area contributed by atoms with Gasteiger partial charge in [-0.15, -0.1) is 5.10 Å². The Morgan fingerprint density at radius 3 is 2.71 bits per heavy atom. The van der Waals surface area contributed by atoms with Gasteiger partial charge in [-0.2, -0.15) is 9.36 Å². The summed E-state index contributed by atoms with van der Waals surface area (Å²) < 4.78 is 9.87. The first-order valence-electron chi connectivity index (χ1n) is 8.41. The van der Waals surface area contributed by atoms with Crippen LogP contribution in [0.4, 0.5) is 0 Å². The van der Waals surface area contributed by atoms with Gasteiger partial charge < -0.3 is 4.74 Å². The summed E-state index contributed by atoms with van der Waals surface area (Å²) >= 11 is 5.86. The first-order valence-corrected chi connectivity index (χ1v) is 8.79. The third kappa shape index (κ3) is 3.39. The van der Waals surface area contributed by atoms with E-state index >= 15 is 0 Å². The Labute approximate surface area is 164 Å². The Morgan fingerprint density at radius 1 is 1.14 bits per heavy atom. The number of halogens is 1. The fourth-order valence-electron chi connectivity index (χ4n) is 2.70. The molecule has 0 saturated carbocycles. The second-order valence-electron chi connectivity index (χ2n) is 6.09. The van der Waals surface area contributed by atoms with Crippen molar-refractivity contribution in [1.29, 1.82) is 0 Å². The van der Waals surface area contributed by atoms with E-state index in [9.17, 15) is 4.79 Å². The zero-order chi connectivity index (χ0) is 19.7. The predicted molar refractivity (Wildman–Crippen MR) is 102 cm³/mol. The molecule has 4 aromatic rings. The molecular weight excluding hydrogens is 382 g/mol. The van der Waals surface area contributed by atoms with Crippen LogP contribution in [0.1, 0.15) is 11.1 Å². The lowest BCUT2D eigenvalue weighted by molar-refractivity contribution is 0.290. The van der Waals surface area contributed by atoms with E-state index in [1.54, 1.807) is 48.4 Å². The molecule has 0 aliphatic rings. The molecule has 3 aromatic heterocycles. The monoisotopic (exact) mass is 397 g/mol. The maximum Gasteiger partial charge on any atom is 0.368 e. The maximum atomic E-state index is 12.2. The number of hydrogen-bond donors (Lipinski definition) is 0. The van der Waals surface area contributed by atoms with Gasteiger partial charge in [-0.05, 0) is 41.1 Å². The van der Waals surface area contributed by atoms with Crippen LogP contribution in [0.5, 0.6) is 5.88 Å². The van der Waals surface area contributed by atoms with Crippen LogP contribution < -0.4 is 10.4 Å². The van der Waals surface area contributed by atoms with Gasteiger partial charge >= 0.3 is 5.69 Å². The van der Waals surface area contributed by atoms with Crippen molar-refractivity contribution in [3.05, 3.63) is 75.4 Å². The number of nitrogens with zero attached hydrogens (tertiary/aromatic N) is 7. The highest BCUT2D eigenvalue weighted by Gasteiger charge is 2.14. The van der Waals surface area contributed by atoms with Gasteiger partial charge in [0.15, 0.2) is 5.82 Å². The van der Waals surface area contributed by atoms with Crippen molar-refractivity contribution in [3.63, 3.8) is 0 Å². The van der Waals surface area contributed by atoms with Gasteiger partial charge in [0.1, 0.15) is 6.61 Å². The second kappa shape index (κ2) is 7.28. The van der Waals surface area contributed by atoms with Crippen LogP contribution in [0.3, 0.4) is 0 Å². The van der Waals surface area contributed by atoms with Crippen LogP contribution in [0, 0.1) is 6.92 Å².